The lowest BCUT2D eigenvalue weighted by atomic mass is 9.88. The first kappa shape index (κ1) is 58.2. The molecule has 2 aliphatic rings. The number of ether oxygens (including phenoxy) is 2. The summed E-state index contributed by atoms with van der Waals surface area (Å²) < 4.78 is 11.1. The summed E-state index contributed by atoms with van der Waals surface area (Å²) >= 11 is 0. The summed E-state index contributed by atoms with van der Waals surface area (Å²) in [6.07, 6.45) is 12.2. The van der Waals surface area contributed by atoms with Crippen LogP contribution in [-0.2, 0) is 0 Å². The fourth-order valence-electron chi connectivity index (χ4n) is 8.99. The molecule has 2 atom stereocenters. The molecule has 0 spiro atoms. The Bertz CT molecular complexity index is 3020. The van der Waals surface area contributed by atoms with Crippen LogP contribution in [0.1, 0.15) is 130 Å². The van der Waals surface area contributed by atoms with Gasteiger partial charge in [-0.25, -0.2) is 36.9 Å². The number of nitrogens with zero attached hydrogens (tertiary/aromatic N) is 10. The fourth-order valence-corrected chi connectivity index (χ4v) is 8.99. The van der Waals surface area contributed by atoms with Crippen LogP contribution in [0.3, 0.4) is 0 Å². The lowest BCUT2D eigenvalue weighted by Gasteiger charge is -2.25. The third-order valence-electron chi connectivity index (χ3n) is 12.9. The first-order valence-electron chi connectivity index (χ1n) is 25.1. The highest BCUT2D eigenvalue weighted by Crippen LogP contribution is 2.51. The first-order valence-corrected chi connectivity index (χ1v) is 25.1. The first-order chi connectivity index (χ1) is 36.6. The van der Waals surface area contributed by atoms with Crippen LogP contribution >= 0.6 is 0 Å². The minimum absolute atomic E-state index is 0.0183. The smallest absolute Gasteiger partial charge is 0.317 e. The van der Waals surface area contributed by atoms with Gasteiger partial charge in [0.05, 0.1) is 63.6 Å². The molecule has 0 aliphatic heterocycles. The van der Waals surface area contributed by atoms with Gasteiger partial charge in [0.15, 0.2) is 12.4 Å². The van der Waals surface area contributed by atoms with Gasteiger partial charge in [-0.05, 0) is 101 Å². The molecule has 0 heterocycles. The van der Waals surface area contributed by atoms with Gasteiger partial charge in [-0.1, -0.05) is 102 Å². The minimum Gasteiger partial charge on any atom is -0.496 e. The van der Waals surface area contributed by atoms with E-state index in [4.69, 9.17) is 46.3 Å². The highest BCUT2D eigenvalue weighted by Gasteiger charge is 2.42. The standard InChI is InChI=1S/C31H31N5O.C16H25NO2.C15H6N4/c1-6-8-16-36(17-9-7-2)23-15-14-22(29(19-23)37-5)18-26-30(27(20-32)34-3)24-12-10-11-13-25(24)31(26)28(21-33)35-4;1-4-6-10-17(11-7-5-2)15-9-8-14(13-18)16(12-15)19-3;1-18-14(8-16)12-7-13(15(9-17)19-2)11-6-4-3-5-10(11)12/h10-15,18-19,27,30H,6-9,16-17H2,1-2,5H3;8-9,12-13H,4-7,10-11H2,1-3H3;3-6H,7H2/b26-18+,31-28-;;14-12-,15-13-. The number of aldehydes is 1. The minimum atomic E-state index is -0.987. The van der Waals surface area contributed by atoms with Crippen LogP contribution in [0.15, 0.2) is 108 Å². The summed E-state index contributed by atoms with van der Waals surface area (Å²) in [4.78, 5) is 29.2. The lowest BCUT2D eigenvalue weighted by Crippen LogP contribution is -2.25. The van der Waals surface area contributed by atoms with Crippen LogP contribution in [-0.4, -0.2) is 52.7 Å². The third kappa shape index (κ3) is 14.4. The number of anilines is 2. The van der Waals surface area contributed by atoms with Gasteiger partial charge in [0.2, 0.25) is 0 Å². The molecule has 0 saturated carbocycles. The summed E-state index contributed by atoms with van der Waals surface area (Å²) in [5.41, 5.74) is 8.92. The molecule has 0 aromatic heterocycles. The maximum Gasteiger partial charge on any atom is 0.317 e. The van der Waals surface area contributed by atoms with E-state index < -0.39 is 12.0 Å². The number of unbranched alkanes of at least 4 members (excludes halogenated alkanes) is 4. The molecule has 2 aliphatic carbocycles. The van der Waals surface area contributed by atoms with E-state index in [0.717, 1.165) is 97.3 Å². The Hall–Kier alpha value is -9.37. The number of fused-ring (bicyclic) bond motifs is 2. The van der Waals surface area contributed by atoms with E-state index in [2.05, 4.69) is 69.0 Å². The predicted octanol–water partition coefficient (Wildman–Crippen LogP) is 14.6. The van der Waals surface area contributed by atoms with Crippen molar-refractivity contribution in [3.05, 3.63) is 187 Å². The summed E-state index contributed by atoms with van der Waals surface area (Å²) in [5.74, 6) is 0.744. The van der Waals surface area contributed by atoms with E-state index in [0.29, 0.717) is 39.4 Å². The number of methoxy groups -OCH3 is 2. The second kappa shape index (κ2) is 30.5. The zero-order valence-corrected chi connectivity index (χ0v) is 43.8. The molecule has 4 aromatic rings. The van der Waals surface area contributed by atoms with Crippen molar-refractivity contribution in [2.24, 2.45) is 0 Å². The number of nitriles is 4. The second-order valence-corrected chi connectivity index (χ2v) is 17.5. The molecule has 6 rings (SSSR count). The number of rotatable bonds is 19. The number of carbonyl (C=O) groups is 1. The average molecular weight is 995 g/mol. The van der Waals surface area contributed by atoms with E-state index in [1.807, 2.05) is 91.0 Å². The Labute approximate surface area is 444 Å². The van der Waals surface area contributed by atoms with E-state index in [1.165, 1.54) is 25.7 Å². The van der Waals surface area contributed by atoms with Crippen LogP contribution in [0, 0.1) is 71.6 Å². The van der Waals surface area contributed by atoms with Gasteiger partial charge in [0, 0.05) is 60.8 Å². The zero-order chi connectivity index (χ0) is 54.7. The molecule has 0 saturated heterocycles. The Morgan fingerprint density at radius 2 is 1.05 bits per heavy atom. The Morgan fingerprint density at radius 3 is 1.44 bits per heavy atom. The van der Waals surface area contributed by atoms with Crippen molar-refractivity contribution in [2.45, 2.75) is 97.4 Å². The number of hydrogen-bond acceptors (Lipinski definition) is 9. The van der Waals surface area contributed by atoms with Crippen molar-refractivity contribution in [1.82, 2.24) is 0 Å². The van der Waals surface area contributed by atoms with Crippen LogP contribution in [0.4, 0.5) is 11.4 Å². The van der Waals surface area contributed by atoms with Gasteiger partial charge in [-0.2, -0.15) is 5.26 Å². The highest BCUT2D eigenvalue weighted by molar-refractivity contribution is 5.98. The number of hydrogen-bond donors (Lipinski definition) is 0. The second-order valence-electron chi connectivity index (χ2n) is 17.5. The van der Waals surface area contributed by atoms with Crippen molar-refractivity contribution in [3.8, 4) is 35.8 Å². The molecule has 0 N–H and O–H groups in total. The monoisotopic (exact) mass is 995 g/mol. The molecule has 0 bridgehead atoms. The molecule has 75 heavy (non-hydrogen) atoms. The van der Waals surface area contributed by atoms with E-state index in [1.54, 1.807) is 26.4 Å². The van der Waals surface area contributed by atoms with Gasteiger partial charge in [-0.3, -0.25) is 9.64 Å². The zero-order valence-electron chi connectivity index (χ0n) is 43.8. The van der Waals surface area contributed by atoms with E-state index >= 15 is 0 Å². The summed E-state index contributed by atoms with van der Waals surface area (Å²) in [6, 6.07) is 33.4. The van der Waals surface area contributed by atoms with Crippen LogP contribution in [0.5, 0.6) is 11.5 Å². The molecule has 0 fully saturated rings. The van der Waals surface area contributed by atoms with Crippen molar-refractivity contribution in [2.75, 3.05) is 50.2 Å². The van der Waals surface area contributed by atoms with Gasteiger partial charge in [-0.15, -0.1) is 0 Å². The molecule has 2 unspecified atom stereocenters. The van der Waals surface area contributed by atoms with E-state index in [-0.39, 0.29) is 23.5 Å². The SMILES string of the molecule is CCCCN(CCCC)c1ccc(C=O)c(OC)c1.[C-]#[N+]/C(C#N)=C1/C/C(=C(\C#N)[N+]#[C-])c2ccccc21.[C-]#[N+]/C(C#N)=C1\C(=C\c2ccc(N(CCCC)CCCC)cc2OC)C(C(C#N)[N+]#[C-])c2ccccc21. The predicted molar refractivity (Wildman–Crippen MR) is 297 cm³/mol. The lowest BCUT2D eigenvalue weighted by molar-refractivity contribution is 0.112. The normalized spacial score (nSPS) is 15.4. The Morgan fingerprint density at radius 1 is 0.627 bits per heavy atom. The molecule has 378 valence electrons. The fraction of sp³-hybridized carbons (Fsp3) is 0.339. The Kier molecular flexibility index (Phi) is 23.7. The third-order valence-corrected chi connectivity index (χ3v) is 12.9. The molecule has 4 aromatic carbocycles. The largest absolute Gasteiger partial charge is 0.496 e. The van der Waals surface area contributed by atoms with Gasteiger partial charge >= 0.3 is 6.04 Å². The van der Waals surface area contributed by atoms with Gasteiger partial charge < -0.3 is 19.3 Å². The summed E-state index contributed by atoms with van der Waals surface area (Å²) in [6.45, 7) is 42.2. The van der Waals surface area contributed by atoms with Crippen LogP contribution in [0.2, 0.25) is 0 Å². The summed E-state index contributed by atoms with van der Waals surface area (Å²) in [5, 5.41) is 37.6. The molecule has 13 heteroatoms. The quantitative estimate of drug-likeness (QED) is 0.0507. The maximum atomic E-state index is 10.9. The maximum absolute atomic E-state index is 10.9. The molecule has 13 nitrogen and oxygen atoms in total. The molecular formula is C62H62N10O3. The van der Waals surface area contributed by atoms with Gasteiger partial charge in [0.25, 0.3) is 17.1 Å². The summed E-state index contributed by atoms with van der Waals surface area (Å²) in [7, 11) is 3.23. The van der Waals surface area contributed by atoms with Crippen molar-refractivity contribution >= 4 is 40.5 Å². The van der Waals surface area contributed by atoms with Gasteiger partial charge in [0.1, 0.15) is 11.5 Å². The Balaban J connectivity index is 0.000000269. The van der Waals surface area contributed by atoms with Crippen molar-refractivity contribution in [1.29, 1.82) is 21.0 Å². The topological polar surface area (TPSA) is 155 Å². The number of carbonyl (C=O) groups excluding carboxylic acids is 1. The number of allylic oxidation sites excluding steroid dienone is 6. The molecule has 0 radical (unpaired) electrons. The number of benzene rings is 4. The molecular weight excluding hydrogens is 933 g/mol. The van der Waals surface area contributed by atoms with Crippen LogP contribution < -0.4 is 19.3 Å². The average Bonchev–Trinajstić information content (AvgIpc) is 3.98. The van der Waals surface area contributed by atoms with E-state index in [9.17, 15) is 15.3 Å². The highest BCUT2D eigenvalue weighted by atomic mass is 16.5. The van der Waals surface area contributed by atoms with Crippen molar-refractivity contribution < 1.29 is 14.3 Å². The van der Waals surface area contributed by atoms with Crippen LogP contribution in [0.25, 0.3) is 42.2 Å². The molecule has 0 amide bonds. The van der Waals surface area contributed by atoms with Crippen molar-refractivity contribution in [3.63, 3.8) is 0 Å².